The number of nitrogens with one attached hydrogen (secondary N) is 1. The molecule has 1 aliphatic carbocycles. The number of aryl methyl sites for hydroxylation is 3. The molecule has 3 fully saturated rings. The van der Waals surface area contributed by atoms with Crippen LogP contribution in [-0.4, -0.2) is 62.4 Å². The van der Waals surface area contributed by atoms with Gasteiger partial charge >= 0.3 is 6.09 Å². The molecule has 0 spiro atoms. The molecule has 1 N–H and O–H groups in total. The van der Waals surface area contributed by atoms with Gasteiger partial charge in [-0.15, -0.1) is 0 Å². The molecule has 4 heterocycles. The topological polar surface area (TPSA) is 92.6 Å². The van der Waals surface area contributed by atoms with E-state index in [1.807, 2.05) is 77.2 Å². The molecule has 4 aromatic rings. The van der Waals surface area contributed by atoms with E-state index < -0.39 is 11.1 Å². The van der Waals surface area contributed by atoms with E-state index in [0.29, 0.717) is 5.56 Å². The summed E-state index contributed by atoms with van der Waals surface area (Å²) in [7, 11) is 1.92. The highest BCUT2D eigenvalue weighted by Gasteiger charge is 2.48. The zero-order valence-corrected chi connectivity index (χ0v) is 27.1. The van der Waals surface area contributed by atoms with Crippen LogP contribution in [-0.2, 0) is 17.3 Å². The SMILES string of the molecule is Cc1ccc2c(C3(NC(=O)c4cc(N5CC6CCC(C5)N6C(=O)OC(C)(C)C)ccc4C)CC3)cc(-c3cnn(C)c3)cc2n1. The van der Waals surface area contributed by atoms with Crippen molar-refractivity contribution in [1.29, 1.82) is 0 Å². The van der Waals surface area contributed by atoms with Crippen molar-refractivity contribution in [3.05, 3.63) is 77.2 Å². The number of anilines is 1. The number of carbonyl (C=O) groups is 2. The number of aromatic nitrogens is 3. The highest BCUT2D eigenvalue weighted by molar-refractivity contribution is 5.98. The third kappa shape index (κ3) is 5.53. The summed E-state index contributed by atoms with van der Waals surface area (Å²) >= 11 is 0. The molecule has 2 saturated heterocycles. The lowest BCUT2D eigenvalue weighted by Crippen LogP contribution is -2.56. The second kappa shape index (κ2) is 10.6. The number of hydrogen-bond acceptors (Lipinski definition) is 6. The van der Waals surface area contributed by atoms with Crippen LogP contribution >= 0.6 is 0 Å². The largest absolute Gasteiger partial charge is 0.444 e. The molecule has 9 heteroatoms. The molecule has 2 aliphatic heterocycles. The van der Waals surface area contributed by atoms with E-state index in [9.17, 15) is 9.59 Å². The van der Waals surface area contributed by atoms with Gasteiger partial charge in [0.2, 0.25) is 0 Å². The van der Waals surface area contributed by atoms with E-state index in [2.05, 4.69) is 39.6 Å². The number of fused-ring (bicyclic) bond motifs is 3. The van der Waals surface area contributed by atoms with Crippen LogP contribution in [0, 0.1) is 13.8 Å². The Kier molecular flexibility index (Phi) is 6.91. The van der Waals surface area contributed by atoms with Crippen molar-refractivity contribution < 1.29 is 14.3 Å². The van der Waals surface area contributed by atoms with Gasteiger partial charge in [-0.3, -0.25) is 19.4 Å². The van der Waals surface area contributed by atoms with Crippen molar-refractivity contribution >= 4 is 28.6 Å². The molecule has 234 valence electrons. The third-order valence-corrected chi connectivity index (χ3v) is 9.52. The van der Waals surface area contributed by atoms with E-state index in [0.717, 1.165) is 83.3 Å². The van der Waals surface area contributed by atoms with Gasteiger partial charge in [0.1, 0.15) is 5.60 Å². The fourth-order valence-corrected chi connectivity index (χ4v) is 7.12. The number of amides is 2. The van der Waals surface area contributed by atoms with Crippen LogP contribution < -0.4 is 10.2 Å². The Labute approximate surface area is 264 Å². The average Bonchev–Trinajstić information content (AvgIpc) is 3.53. The molecular weight excluding hydrogens is 564 g/mol. The molecule has 3 aliphatic rings. The monoisotopic (exact) mass is 606 g/mol. The van der Waals surface area contributed by atoms with Crippen LogP contribution in [0.2, 0.25) is 0 Å². The number of hydrogen-bond donors (Lipinski definition) is 1. The van der Waals surface area contributed by atoms with Gasteiger partial charge in [-0.1, -0.05) is 12.1 Å². The molecule has 45 heavy (non-hydrogen) atoms. The molecule has 2 aromatic carbocycles. The van der Waals surface area contributed by atoms with E-state index in [4.69, 9.17) is 9.72 Å². The van der Waals surface area contributed by atoms with Crippen molar-refractivity contribution in [2.24, 2.45) is 7.05 Å². The van der Waals surface area contributed by atoms with Crippen LogP contribution in [0.1, 0.15) is 73.6 Å². The maximum absolute atomic E-state index is 14.1. The van der Waals surface area contributed by atoms with Gasteiger partial charge in [-0.05, 0) is 107 Å². The minimum absolute atomic E-state index is 0.0674. The lowest BCUT2D eigenvalue weighted by molar-refractivity contribution is 0.0123. The maximum Gasteiger partial charge on any atom is 0.410 e. The third-order valence-electron chi connectivity index (χ3n) is 9.52. The van der Waals surface area contributed by atoms with Crippen molar-refractivity contribution in [2.75, 3.05) is 18.0 Å². The van der Waals surface area contributed by atoms with Gasteiger partial charge in [0.15, 0.2) is 0 Å². The molecule has 1 saturated carbocycles. The van der Waals surface area contributed by atoms with Crippen molar-refractivity contribution in [2.45, 2.75) is 83.5 Å². The van der Waals surface area contributed by atoms with E-state index in [-0.39, 0.29) is 24.1 Å². The van der Waals surface area contributed by atoms with Gasteiger partial charge in [0.25, 0.3) is 5.91 Å². The molecule has 7 rings (SSSR count). The zero-order chi connectivity index (χ0) is 31.7. The molecule has 2 amide bonds. The van der Waals surface area contributed by atoms with Gasteiger partial charge in [-0.2, -0.15) is 5.10 Å². The minimum atomic E-state index is -0.520. The zero-order valence-electron chi connectivity index (χ0n) is 27.1. The fraction of sp³-hybridized carbons (Fsp3) is 0.444. The summed E-state index contributed by atoms with van der Waals surface area (Å²) in [6.45, 7) is 11.2. The van der Waals surface area contributed by atoms with Gasteiger partial charge in [-0.25, -0.2) is 4.79 Å². The van der Waals surface area contributed by atoms with E-state index in [1.165, 1.54) is 0 Å². The molecule has 2 aromatic heterocycles. The highest BCUT2D eigenvalue weighted by Crippen LogP contribution is 2.49. The van der Waals surface area contributed by atoms with Crippen LogP contribution in [0.15, 0.2) is 54.9 Å². The summed E-state index contributed by atoms with van der Waals surface area (Å²) in [6.07, 6.45) is 7.31. The number of ether oxygens (including phenoxy) is 1. The van der Waals surface area contributed by atoms with E-state index >= 15 is 0 Å². The summed E-state index contributed by atoms with van der Waals surface area (Å²) in [5, 5.41) is 8.90. The van der Waals surface area contributed by atoms with Crippen LogP contribution in [0.3, 0.4) is 0 Å². The lowest BCUT2D eigenvalue weighted by Gasteiger charge is -2.42. The first-order valence-corrected chi connectivity index (χ1v) is 16.0. The Bertz CT molecular complexity index is 1800. The normalized spacial score (nSPS) is 20.4. The molecule has 2 unspecified atom stereocenters. The Morgan fingerprint density at radius 3 is 2.36 bits per heavy atom. The summed E-state index contributed by atoms with van der Waals surface area (Å²) in [5.74, 6) is -0.0674. The van der Waals surface area contributed by atoms with E-state index in [1.54, 1.807) is 4.68 Å². The molecule has 2 bridgehead atoms. The molecular formula is C36H42N6O3. The maximum atomic E-state index is 14.1. The summed E-state index contributed by atoms with van der Waals surface area (Å²) in [5.41, 5.74) is 6.71. The molecule has 9 nitrogen and oxygen atoms in total. The minimum Gasteiger partial charge on any atom is -0.444 e. The fourth-order valence-electron chi connectivity index (χ4n) is 7.12. The van der Waals surface area contributed by atoms with Crippen molar-refractivity contribution in [3.63, 3.8) is 0 Å². The Morgan fingerprint density at radius 2 is 1.71 bits per heavy atom. The molecule has 2 atom stereocenters. The van der Waals surface area contributed by atoms with Gasteiger partial charge in [0.05, 0.1) is 29.3 Å². The van der Waals surface area contributed by atoms with Gasteiger partial charge in [0, 0.05) is 54.2 Å². The summed E-state index contributed by atoms with van der Waals surface area (Å²) in [6, 6.07) is 14.8. The number of piperazine rings is 1. The summed E-state index contributed by atoms with van der Waals surface area (Å²) in [4.78, 5) is 36.2. The standard InChI is InChI=1S/C36H42N6O3/c1-22-7-9-26(41-20-27-10-11-28(21-41)42(27)34(44)45-35(3,4)5)17-30(22)33(43)39-36(13-14-36)31-15-24(25-18-37-40(6)19-25)16-32-29(31)12-8-23(2)38-32/h7-9,12,15-19,27-28H,10-11,13-14,20-21H2,1-6H3,(H,39,43). The van der Waals surface area contributed by atoms with Crippen LogP contribution in [0.4, 0.5) is 10.5 Å². The Balaban J connectivity index is 1.15. The molecule has 0 radical (unpaired) electrons. The van der Waals surface area contributed by atoms with Crippen molar-refractivity contribution in [3.8, 4) is 11.1 Å². The average molecular weight is 607 g/mol. The Hall–Kier alpha value is -4.40. The number of carbonyl (C=O) groups excluding carboxylic acids is 2. The number of benzene rings is 2. The number of nitrogens with zero attached hydrogens (tertiary/aromatic N) is 5. The first-order valence-electron chi connectivity index (χ1n) is 16.0. The summed E-state index contributed by atoms with van der Waals surface area (Å²) < 4.78 is 7.53. The first kappa shape index (κ1) is 29.3. The predicted molar refractivity (Wildman–Crippen MR) is 175 cm³/mol. The second-order valence-electron chi connectivity index (χ2n) is 14.2. The smallest absolute Gasteiger partial charge is 0.410 e. The van der Waals surface area contributed by atoms with Crippen LogP contribution in [0.5, 0.6) is 0 Å². The van der Waals surface area contributed by atoms with Crippen LogP contribution in [0.25, 0.3) is 22.0 Å². The van der Waals surface area contributed by atoms with Gasteiger partial charge < -0.3 is 15.0 Å². The number of pyridine rings is 1. The highest BCUT2D eigenvalue weighted by atomic mass is 16.6. The van der Waals surface area contributed by atoms with Crippen molar-refractivity contribution in [1.82, 2.24) is 25.0 Å². The quantitative estimate of drug-likeness (QED) is 0.288. The number of rotatable bonds is 5. The second-order valence-corrected chi connectivity index (χ2v) is 14.2. The Morgan fingerprint density at radius 1 is 0.978 bits per heavy atom. The predicted octanol–water partition coefficient (Wildman–Crippen LogP) is 6.26. The lowest BCUT2D eigenvalue weighted by atomic mass is 9.94. The first-order chi connectivity index (χ1) is 21.4.